The van der Waals surface area contributed by atoms with Crippen molar-refractivity contribution in [3.8, 4) is 0 Å². The third-order valence-corrected chi connectivity index (χ3v) is 3.36. The highest BCUT2D eigenvalue weighted by Crippen LogP contribution is 2.27. The van der Waals surface area contributed by atoms with E-state index in [4.69, 9.17) is 4.74 Å². The van der Waals surface area contributed by atoms with Gasteiger partial charge < -0.3 is 15.2 Å². The molecule has 98 valence electrons. The average Bonchev–Trinajstić information content (AvgIpc) is 2.28. The Morgan fingerprint density at radius 2 is 1.78 bits per heavy atom. The van der Waals surface area contributed by atoms with Gasteiger partial charge in [-0.25, -0.2) is 4.79 Å². The van der Waals surface area contributed by atoms with Crippen molar-refractivity contribution in [1.82, 2.24) is 0 Å². The summed E-state index contributed by atoms with van der Waals surface area (Å²) < 4.78 is 5.26. The van der Waals surface area contributed by atoms with E-state index in [0.717, 1.165) is 16.8 Å². The highest BCUT2D eigenvalue weighted by molar-refractivity contribution is 5.83. The summed E-state index contributed by atoms with van der Waals surface area (Å²) >= 11 is 0. The number of carboxylic acid groups (broad SMARTS) is 1. The van der Waals surface area contributed by atoms with Crippen LogP contribution in [-0.2, 0) is 9.53 Å². The molecular formula is C14H19NO3. The van der Waals surface area contributed by atoms with E-state index < -0.39 is 11.5 Å². The van der Waals surface area contributed by atoms with Gasteiger partial charge >= 0.3 is 5.97 Å². The molecule has 1 aliphatic rings. The van der Waals surface area contributed by atoms with Gasteiger partial charge in [0.25, 0.3) is 0 Å². The summed E-state index contributed by atoms with van der Waals surface area (Å²) in [6.45, 7) is 5.00. The molecule has 0 bridgehead atoms. The smallest absolute Gasteiger partial charge is 0.329 e. The molecule has 1 aliphatic heterocycles. The maximum atomic E-state index is 11.5. The predicted molar refractivity (Wildman–Crippen MR) is 70.0 cm³/mol. The highest BCUT2D eigenvalue weighted by atomic mass is 16.5. The quantitative estimate of drug-likeness (QED) is 0.863. The molecule has 0 atom stereocenters. The molecule has 2 rings (SSSR count). The van der Waals surface area contributed by atoms with Gasteiger partial charge in [-0.15, -0.1) is 0 Å². The lowest BCUT2D eigenvalue weighted by atomic mass is 9.89. The van der Waals surface area contributed by atoms with Gasteiger partial charge in [-0.05, 0) is 37.1 Å². The molecule has 0 aliphatic carbocycles. The van der Waals surface area contributed by atoms with Crippen LogP contribution in [-0.4, -0.2) is 29.8 Å². The number of hydrogen-bond acceptors (Lipinski definition) is 3. The lowest BCUT2D eigenvalue weighted by molar-refractivity contribution is -0.145. The lowest BCUT2D eigenvalue weighted by Gasteiger charge is -2.35. The third kappa shape index (κ3) is 2.64. The zero-order chi connectivity index (χ0) is 13.2. The summed E-state index contributed by atoms with van der Waals surface area (Å²) in [7, 11) is 0. The monoisotopic (exact) mass is 249 g/mol. The Bertz CT molecular complexity index is 430. The molecule has 0 radical (unpaired) electrons. The van der Waals surface area contributed by atoms with Crippen molar-refractivity contribution in [2.24, 2.45) is 0 Å². The highest BCUT2D eigenvalue weighted by Gasteiger charge is 2.40. The van der Waals surface area contributed by atoms with Crippen LogP contribution in [0.4, 0.5) is 5.69 Å². The Labute approximate surface area is 107 Å². The second-order valence-electron chi connectivity index (χ2n) is 5.00. The number of rotatable bonds is 3. The zero-order valence-corrected chi connectivity index (χ0v) is 10.8. The van der Waals surface area contributed by atoms with Crippen LogP contribution >= 0.6 is 0 Å². The van der Waals surface area contributed by atoms with Crippen LogP contribution < -0.4 is 5.32 Å². The van der Waals surface area contributed by atoms with Crippen LogP contribution in [0.15, 0.2) is 18.2 Å². The van der Waals surface area contributed by atoms with Crippen LogP contribution in [0.1, 0.15) is 24.0 Å². The molecule has 0 saturated carbocycles. The molecule has 0 aromatic heterocycles. The first-order valence-electron chi connectivity index (χ1n) is 6.19. The van der Waals surface area contributed by atoms with Crippen molar-refractivity contribution >= 4 is 11.7 Å². The van der Waals surface area contributed by atoms with E-state index in [2.05, 4.69) is 11.4 Å². The molecule has 0 unspecified atom stereocenters. The largest absolute Gasteiger partial charge is 0.480 e. The predicted octanol–water partition coefficient (Wildman–Crippen LogP) is 2.35. The molecule has 0 spiro atoms. The third-order valence-electron chi connectivity index (χ3n) is 3.36. The molecule has 0 amide bonds. The van der Waals surface area contributed by atoms with Gasteiger partial charge in [-0.2, -0.15) is 0 Å². The van der Waals surface area contributed by atoms with Crippen LogP contribution in [0.3, 0.4) is 0 Å². The van der Waals surface area contributed by atoms with Crippen molar-refractivity contribution in [1.29, 1.82) is 0 Å². The minimum absolute atomic E-state index is 0.490. The zero-order valence-electron chi connectivity index (χ0n) is 10.8. The Kier molecular flexibility index (Phi) is 3.57. The number of hydrogen-bond donors (Lipinski definition) is 2. The van der Waals surface area contributed by atoms with Crippen molar-refractivity contribution in [3.63, 3.8) is 0 Å². The summed E-state index contributed by atoms with van der Waals surface area (Å²) in [4.78, 5) is 11.5. The van der Waals surface area contributed by atoms with Crippen molar-refractivity contribution < 1.29 is 14.6 Å². The lowest BCUT2D eigenvalue weighted by Crippen LogP contribution is -2.50. The van der Waals surface area contributed by atoms with Crippen molar-refractivity contribution in [2.45, 2.75) is 32.2 Å². The molecule has 1 heterocycles. The molecule has 4 nitrogen and oxygen atoms in total. The Hall–Kier alpha value is -1.55. The minimum atomic E-state index is -0.890. The maximum absolute atomic E-state index is 11.5. The van der Waals surface area contributed by atoms with Gasteiger partial charge in [0.2, 0.25) is 0 Å². The summed E-state index contributed by atoms with van der Waals surface area (Å²) in [6, 6.07) is 6.03. The fourth-order valence-corrected chi connectivity index (χ4v) is 2.44. The number of carboxylic acids is 1. The molecule has 1 aromatic carbocycles. The van der Waals surface area contributed by atoms with Gasteiger partial charge in [-0.1, -0.05) is 6.07 Å². The molecule has 18 heavy (non-hydrogen) atoms. The molecule has 4 heteroatoms. The van der Waals surface area contributed by atoms with Crippen LogP contribution in [0.2, 0.25) is 0 Å². The topological polar surface area (TPSA) is 58.6 Å². The molecular weight excluding hydrogens is 230 g/mol. The number of benzene rings is 1. The molecule has 2 N–H and O–H groups in total. The van der Waals surface area contributed by atoms with Crippen LogP contribution in [0.25, 0.3) is 0 Å². The Morgan fingerprint density at radius 1 is 1.22 bits per heavy atom. The van der Waals surface area contributed by atoms with Crippen LogP contribution in [0, 0.1) is 13.8 Å². The van der Waals surface area contributed by atoms with E-state index in [-0.39, 0.29) is 0 Å². The first-order valence-corrected chi connectivity index (χ1v) is 6.19. The van der Waals surface area contributed by atoms with Gasteiger partial charge in [0.05, 0.1) is 0 Å². The van der Waals surface area contributed by atoms with E-state index in [1.165, 1.54) is 0 Å². The normalized spacial score (nSPS) is 18.3. The number of ether oxygens (including phenoxy) is 1. The van der Waals surface area contributed by atoms with Crippen LogP contribution in [0.5, 0.6) is 0 Å². The fourth-order valence-electron chi connectivity index (χ4n) is 2.44. The SMILES string of the molecule is Cc1cc(C)cc(NC2(C(=O)O)CCOCC2)c1. The van der Waals surface area contributed by atoms with E-state index in [9.17, 15) is 9.90 Å². The minimum Gasteiger partial charge on any atom is -0.480 e. The summed E-state index contributed by atoms with van der Waals surface area (Å²) in [5.41, 5.74) is 2.24. The van der Waals surface area contributed by atoms with Gasteiger partial charge in [0.15, 0.2) is 0 Å². The summed E-state index contributed by atoms with van der Waals surface area (Å²) in [6.07, 6.45) is 0.991. The summed E-state index contributed by atoms with van der Waals surface area (Å²) in [5.74, 6) is -0.801. The summed E-state index contributed by atoms with van der Waals surface area (Å²) in [5, 5.41) is 12.7. The number of nitrogens with one attached hydrogen (secondary N) is 1. The van der Waals surface area contributed by atoms with E-state index in [0.29, 0.717) is 26.1 Å². The number of anilines is 1. The van der Waals surface area contributed by atoms with Gasteiger partial charge in [-0.3, -0.25) is 0 Å². The second kappa shape index (κ2) is 4.98. The van der Waals surface area contributed by atoms with E-state index in [1.54, 1.807) is 0 Å². The molecule has 1 saturated heterocycles. The first kappa shape index (κ1) is 12.9. The Morgan fingerprint density at radius 3 is 2.28 bits per heavy atom. The average molecular weight is 249 g/mol. The Balaban J connectivity index is 2.25. The standard InChI is InChI=1S/C14H19NO3/c1-10-7-11(2)9-12(8-10)15-14(13(16)17)3-5-18-6-4-14/h7-9,15H,3-6H2,1-2H3,(H,16,17). The second-order valence-corrected chi connectivity index (χ2v) is 5.00. The fraction of sp³-hybridized carbons (Fsp3) is 0.500. The molecule has 1 fully saturated rings. The number of aryl methyl sites for hydroxylation is 2. The van der Waals surface area contributed by atoms with Crippen molar-refractivity contribution in [2.75, 3.05) is 18.5 Å². The maximum Gasteiger partial charge on any atom is 0.329 e. The number of carbonyl (C=O) groups is 1. The van der Waals surface area contributed by atoms with Gasteiger partial charge in [0, 0.05) is 31.7 Å². The first-order chi connectivity index (χ1) is 8.52. The molecule has 1 aromatic rings. The van der Waals surface area contributed by atoms with E-state index >= 15 is 0 Å². The number of aliphatic carboxylic acids is 1. The van der Waals surface area contributed by atoms with Crippen molar-refractivity contribution in [3.05, 3.63) is 29.3 Å². The van der Waals surface area contributed by atoms with E-state index in [1.807, 2.05) is 26.0 Å². The van der Waals surface area contributed by atoms with Gasteiger partial charge in [0.1, 0.15) is 5.54 Å².